The van der Waals surface area contributed by atoms with Crippen LogP contribution in [0.2, 0.25) is 0 Å². The van der Waals surface area contributed by atoms with Gasteiger partial charge in [-0.25, -0.2) is 0 Å². The van der Waals surface area contributed by atoms with Gasteiger partial charge in [-0.05, 0) is 19.0 Å². The quantitative estimate of drug-likeness (QED) is 0.506. The third-order valence-corrected chi connectivity index (χ3v) is 2.14. The molecule has 1 N–H and O–H groups in total. The summed E-state index contributed by atoms with van der Waals surface area (Å²) in [4.78, 5) is 2.47. The van der Waals surface area contributed by atoms with Crippen molar-refractivity contribution in [3.63, 3.8) is 0 Å². The highest BCUT2D eigenvalue weighted by Gasteiger charge is 2.22. The van der Waals surface area contributed by atoms with Crippen LogP contribution in [0.4, 0.5) is 0 Å². The summed E-state index contributed by atoms with van der Waals surface area (Å²) >= 11 is 0. The summed E-state index contributed by atoms with van der Waals surface area (Å²) < 4.78 is 0. The van der Waals surface area contributed by atoms with Gasteiger partial charge in [-0.2, -0.15) is 0 Å². The zero-order valence-corrected chi connectivity index (χ0v) is 5.51. The Labute approximate surface area is 55.5 Å². The van der Waals surface area contributed by atoms with E-state index in [1.54, 1.807) is 0 Å². The second kappa shape index (κ2) is 2.03. The highest BCUT2D eigenvalue weighted by Crippen LogP contribution is 2.18. The van der Waals surface area contributed by atoms with Crippen molar-refractivity contribution >= 4 is 0 Å². The van der Waals surface area contributed by atoms with Crippen LogP contribution in [0.25, 0.3) is 0 Å². The lowest BCUT2D eigenvalue weighted by Gasteiger charge is -2.25. The summed E-state index contributed by atoms with van der Waals surface area (Å²) in [7, 11) is 0. The summed E-state index contributed by atoms with van der Waals surface area (Å²) in [5.41, 5.74) is 0. The second-order valence-corrected chi connectivity index (χ2v) is 2.74. The Balaban J connectivity index is 2.10. The van der Waals surface area contributed by atoms with Crippen molar-refractivity contribution in [1.82, 2.24) is 10.2 Å². The van der Waals surface area contributed by atoms with Crippen molar-refractivity contribution in [3.8, 4) is 0 Å². The molecule has 0 aromatic carbocycles. The first kappa shape index (κ1) is 5.30. The maximum atomic E-state index is 3.20. The molecule has 50 valence electrons. The van der Waals surface area contributed by atoms with Crippen molar-refractivity contribution < 1.29 is 0 Å². The highest BCUT2D eigenvalue weighted by molar-refractivity contribution is 5.00. The normalized spacial score (nSPS) is 34.0. The lowest BCUT2D eigenvalue weighted by molar-refractivity contribution is 0.266. The molecule has 2 heterocycles. The van der Waals surface area contributed by atoms with E-state index >= 15 is 0 Å². The first-order chi connectivity index (χ1) is 4.47. The Morgan fingerprint density at radius 2 is 2.56 bits per heavy atom. The minimum atomic E-state index is 0.756. The fourth-order valence-corrected chi connectivity index (χ4v) is 1.62. The Bertz CT molecular complexity index is 131. The molecule has 0 aliphatic carbocycles. The molecule has 0 aromatic rings. The van der Waals surface area contributed by atoms with E-state index in [1.165, 1.54) is 19.4 Å². The minimum absolute atomic E-state index is 0.756. The van der Waals surface area contributed by atoms with Crippen LogP contribution in [-0.2, 0) is 0 Å². The van der Waals surface area contributed by atoms with Crippen LogP contribution in [-0.4, -0.2) is 24.2 Å². The molecule has 1 atom stereocenters. The second-order valence-electron chi connectivity index (χ2n) is 2.74. The van der Waals surface area contributed by atoms with Crippen LogP contribution in [0.1, 0.15) is 12.8 Å². The SMILES string of the molecule is C1=CC2CCCN2CN1. The fraction of sp³-hybridized carbons (Fsp3) is 0.714. The first-order valence-corrected chi connectivity index (χ1v) is 3.61. The molecule has 1 fully saturated rings. The largest absolute Gasteiger partial charge is 0.378 e. The predicted octanol–water partition coefficient (Wildman–Crippen LogP) is 0.525. The number of rotatable bonds is 0. The van der Waals surface area contributed by atoms with Crippen LogP contribution < -0.4 is 5.32 Å². The van der Waals surface area contributed by atoms with E-state index in [1.807, 2.05) is 0 Å². The minimum Gasteiger partial charge on any atom is -0.378 e. The summed E-state index contributed by atoms with van der Waals surface area (Å²) in [5.74, 6) is 0. The summed E-state index contributed by atoms with van der Waals surface area (Å²) in [6.45, 7) is 2.34. The maximum Gasteiger partial charge on any atom is 0.0678 e. The van der Waals surface area contributed by atoms with Gasteiger partial charge >= 0.3 is 0 Å². The molecule has 9 heavy (non-hydrogen) atoms. The number of fused-ring (bicyclic) bond motifs is 1. The summed E-state index contributed by atoms with van der Waals surface area (Å²) in [6, 6.07) is 0.756. The molecular weight excluding hydrogens is 112 g/mol. The molecule has 2 aliphatic rings. The molecule has 2 aliphatic heterocycles. The van der Waals surface area contributed by atoms with Crippen LogP contribution in [0.3, 0.4) is 0 Å². The van der Waals surface area contributed by atoms with Gasteiger partial charge in [0, 0.05) is 12.6 Å². The van der Waals surface area contributed by atoms with Gasteiger partial charge in [0.1, 0.15) is 0 Å². The van der Waals surface area contributed by atoms with Crippen molar-refractivity contribution in [3.05, 3.63) is 12.3 Å². The monoisotopic (exact) mass is 124 g/mol. The molecule has 0 saturated carbocycles. The highest BCUT2D eigenvalue weighted by atomic mass is 15.3. The van der Waals surface area contributed by atoms with E-state index in [0.29, 0.717) is 0 Å². The molecule has 2 nitrogen and oxygen atoms in total. The van der Waals surface area contributed by atoms with Gasteiger partial charge in [0.25, 0.3) is 0 Å². The Morgan fingerprint density at radius 1 is 1.56 bits per heavy atom. The molecule has 2 rings (SSSR count). The Hall–Kier alpha value is -0.500. The summed E-state index contributed by atoms with van der Waals surface area (Å²) in [6.07, 6.45) is 7.07. The van der Waals surface area contributed by atoms with Gasteiger partial charge in [-0.3, -0.25) is 4.90 Å². The first-order valence-electron chi connectivity index (χ1n) is 3.61. The molecule has 0 amide bonds. The van der Waals surface area contributed by atoms with Gasteiger partial charge in [-0.15, -0.1) is 0 Å². The number of nitrogens with zero attached hydrogens (tertiary/aromatic N) is 1. The third kappa shape index (κ3) is 0.833. The zero-order chi connectivity index (χ0) is 6.10. The average molecular weight is 124 g/mol. The molecule has 1 unspecified atom stereocenters. The van der Waals surface area contributed by atoms with Crippen molar-refractivity contribution in [1.29, 1.82) is 0 Å². The van der Waals surface area contributed by atoms with Gasteiger partial charge in [-0.1, -0.05) is 6.08 Å². The van der Waals surface area contributed by atoms with Gasteiger partial charge in [0.15, 0.2) is 0 Å². The third-order valence-electron chi connectivity index (χ3n) is 2.14. The van der Waals surface area contributed by atoms with E-state index in [4.69, 9.17) is 0 Å². The number of nitrogens with one attached hydrogen (secondary N) is 1. The van der Waals surface area contributed by atoms with Crippen LogP contribution in [0.15, 0.2) is 12.3 Å². The Morgan fingerprint density at radius 3 is 3.44 bits per heavy atom. The molecule has 2 heteroatoms. The maximum absolute atomic E-state index is 3.20. The van der Waals surface area contributed by atoms with Crippen LogP contribution in [0, 0.1) is 0 Å². The average Bonchev–Trinajstić information content (AvgIpc) is 2.33. The van der Waals surface area contributed by atoms with E-state index in [-0.39, 0.29) is 0 Å². The van der Waals surface area contributed by atoms with Crippen molar-refractivity contribution in [2.24, 2.45) is 0 Å². The van der Waals surface area contributed by atoms with E-state index in [2.05, 4.69) is 22.5 Å². The number of hydrogen-bond donors (Lipinski definition) is 1. The van der Waals surface area contributed by atoms with E-state index in [0.717, 1.165) is 12.7 Å². The molecule has 0 aromatic heterocycles. The molecule has 0 bridgehead atoms. The van der Waals surface area contributed by atoms with Crippen LogP contribution in [0.5, 0.6) is 0 Å². The molecule has 0 spiro atoms. The lowest BCUT2D eigenvalue weighted by Crippen LogP contribution is -2.38. The van der Waals surface area contributed by atoms with Crippen molar-refractivity contribution in [2.45, 2.75) is 18.9 Å². The molecular formula is C7H12N2. The fourth-order valence-electron chi connectivity index (χ4n) is 1.62. The molecule has 1 saturated heterocycles. The standard InChI is InChI=1S/C7H12N2/c1-2-7-3-4-8-6-9(7)5-1/h3-4,7-8H,1-2,5-6H2. The van der Waals surface area contributed by atoms with Gasteiger partial charge in [0.05, 0.1) is 6.67 Å². The van der Waals surface area contributed by atoms with E-state index in [9.17, 15) is 0 Å². The van der Waals surface area contributed by atoms with Gasteiger partial charge in [0.2, 0.25) is 0 Å². The van der Waals surface area contributed by atoms with Crippen LogP contribution >= 0.6 is 0 Å². The molecule has 0 radical (unpaired) electrons. The van der Waals surface area contributed by atoms with Crippen molar-refractivity contribution in [2.75, 3.05) is 13.2 Å². The smallest absolute Gasteiger partial charge is 0.0678 e. The number of hydrogen-bond acceptors (Lipinski definition) is 2. The predicted molar refractivity (Wildman–Crippen MR) is 36.9 cm³/mol. The Kier molecular flexibility index (Phi) is 1.19. The van der Waals surface area contributed by atoms with Gasteiger partial charge < -0.3 is 5.32 Å². The summed E-state index contributed by atoms with van der Waals surface area (Å²) in [5, 5.41) is 3.20. The zero-order valence-electron chi connectivity index (χ0n) is 5.51. The lowest BCUT2D eigenvalue weighted by atomic mass is 10.2. The van der Waals surface area contributed by atoms with E-state index < -0.39 is 0 Å². The topological polar surface area (TPSA) is 15.3 Å².